The van der Waals surface area contributed by atoms with Crippen molar-refractivity contribution in [2.75, 3.05) is 11.6 Å². The van der Waals surface area contributed by atoms with Crippen molar-refractivity contribution in [2.45, 2.75) is 19.4 Å². The summed E-state index contributed by atoms with van der Waals surface area (Å²) < 4.78 is 2.94. The molecule has 7 nitrogen and oxygen atoms in total. The van der Waals surface area contributed by atoms with E-state index in [1.54, 1.807) is 19.2 Å². The number of hydrogen-bond donors (Lipinski definition) is 0. The standard InChI is InChI=1S/C27H24N6O/c1-19-11-13-23(14-12-19)25-24(22-9-4-3-5-10-22)18-32(29-25)26-30-33(27(34)31(26)2)17-21-8-6-7-20(15-21)16-28/h3-15,24H,17-18H2,1-2H3. The summed E-state index contributed by atoms with van der Waals surface area (Å²) in [4.78, 5) is 13.0. The van der Waals surface area contributed by atoms with Crippen molar-refractivity contribution in [3.63, 3.8) is 0 Å². The van der Waals surface area contributed by atoms with Gasteiger partial charge in [-0.15, -0.1) is 5.10 Å². The molecule has 0 fully saturated rings. The molecular weight excluding hydrogens is 424 g/mol. The predicted molar refractivity (Wildman–Crippen MR) is 132 cm³/mol. The van der Waals surface area contributed by atoms with E-state index in [2.05, 4.69) is 54.5 Å². The monoisotopic (exact) mass is 448 g/mol. The Hall–Kier alpha value is -4.44. The molecule has 1 atom stereocenters. The molecule has 0 aliphatic carbocycles. The highest BCUT2D eigenvalue weighted by molar-refractivity contribution is 6.07. The number of hydrazone groups is 1. The first-order valence-electron chi connectivity index (χ1n) is 11.1. The molecule has 0 spiro atoms. The zero-order valence-corrected chi connectivity index (χ0v) is 19.1. The van der Waals surface area contributed by atoms with Crippen LogP contribution < -0.4 is 10.7 Å². The van der Waals surface area contributed by atoms with Gasteiger partial charge in [0.2, 0.25) is 5.95 Å². The Morgan fingerprint density at radius 3 is 2.53 bits per heavy atom. The topological polar surface area (TPSA) is 79.2 Å². The Balaban J connectivity index is 1.52. The van der Waals surface area contributed by atoms with Crippen molar-refractivity contribution in [1.82, 2.24) is 14.3 Å². The molecule has 0 amide bonds. The van der Waals surface area contributed by atoms with Crippen LogP contribution in [0, 0.1) is 18.3 Å². The fourth-order valence-electron chi connectivity index (χ4n) is 4.27. The minimum atomic E-state index is -0.229. The van der Waals surface area contributed by atoms with Gasteiger partial charge in [-0.2, -0.15) is 10.4 Å². The molecule has 34 heavy (non-hydrogen) atoms. The summed E-state index contributed by atoms with van der Waals surface area (Å²) in [6, 6.07) is 28.0. The fraction of sp³-hybridized carbons (Fsp3) is 0.185. The fourth-order valence-corrected chi connectivity index (χ4v) is 4.27. The molecule has 0 saturated carbocycles. The summed E-state index contributed by atoms with van der Waals surface area (Å²) in [5.41, 5.74) is 5.54. The summed E-state index contributed by atoms with van der Waals surface area (Å²) in [5.74, 6) is 0.543. The normalized spacial score (nSPS) is 15.3. The maximum absolute atomic E-state index is 13.0. The average Bonchev–Trinajstić information content (AvgIpc) is 3.42. The van der Waals surface area contributed by atoms with Gasteiger partial charge in [0.05, 0.1) is 30.4 Å². The number of nitrogens with zero attached hydrogens (tertiary/aromatic N) is 6. The van der Waals surface area contributed by atoms with Crippen LogP contribution >= 0.6 is 0 Å². The van der Waals surface area contributed by atoms with Crippen molar-refractivity contribution in [3.05, 3.63) is 117 Å². The van der Waals surface area contributed by atoms with E-state index in [1.165, 1.54) is 20.4 Å². The molecular formula is C27H24N6O. The number of rotatable bonds is 5. The predicted octanol–water partition coefficient (Wildman–Crippen LogP) is 3.82. The first-order valence-corrected chi connectivity index (χ1v) is 11.1. The highest BCUT2D eigenvalue weighted by atomic mass is 16.2. The third-order valence-electron chi connectivity index (χ3n) is 6.10. The van der Waals surface area contributed by atoms with Gasteiger partial charge in [-0.05, 0) is 35.7 Å². The summed E-state index contributed by atoms with van der Waals surface area (Å²) in [5, 5.41) is 20.5. The molecule has 1 unspecified atom stereocenters. The van der Waals surface area contributed by atoms with Crippen molar-refractivity contribution < 1.29 is 0 Å². The van der Waals surface area contributed by atoms with Crippen LogP contribution in [-0.4, -0.2) is 26.6 Å². The zero-order chi connectivity index (χ0) is 23.7. The van der Waals surface area contributed by atoms with E-state index in [0.717, 1.165) is 16.8 Å². The molecule has 3 aromatic carbocycles. The molecule has 0 saturated heterocycles. The number of aromatic nitrogens is 3. The van der Waals surface area contributed by atoms with Gasteiger partial charge in [0.25, 0.3) is 0 Å². The van der Waals surface area contributed by atoms with Gasteiger partial charge in [0, 0.05) is 13.0 Å². The molecule has 1 aromatic heterocycles. The lowest BCUT2D eigenvalue weighted by atomic mass is 9.90. The largest absolute Gasteiger partial charge is 0.347 e. The van der Waals surface area contributed by atoms with Crippen LogP contribution in [0.1, 0.15) is 33.7 Å². The Labute approximate surface area is 197 Å². The van der Waals surface area contributed by atoms with E-state index in [9.17, 15) is 4.79 Å². The van der Waals surface area contributed by atoms with E-state index < -0.39 is 0 Å². The quantitative estimate of drug-likeness (QED) is 0.465. The summed E-state index contributed by atoms with van der Waals surface area (Å²) in [7, 11) is 1.71. The minimum Gasteiger partial charge on any atom is -0.263 e. The average molecular weight is 449 g/mol. The number of nitriles is 1. The smallest absolute Gasteiger partial charge is 0.263 e. The second-order valence-corrected chi connectivity index (χ2v) is 8.51. The van der Waals surface area contributed by atoms with Crippen molar-refractivity contribution in [1.29, 1.82) is 5.26 Å². The minimum absolute atomic E-state index is 0.0523. The van der Waals surface area contributed by atoms with Crippen molar-refractivity contribution >= 4 is 11.7 Å². The Kier molecular flexibility index (Phi) is 5.56. The van der Waals surface area contributed by atoms with Gasteiger partial charge in [-0.25, -0.2) is 14.5 Å². The van der Waals surface area contributed by atoms with Crippen LogP contribution in [0.3, 0.4) is 0 Å². The van der Waals surface area contributed by atoms with Gasteiger partial charge >= 0.3 is 5.69 Å². The summed E-state index contributed by atoms with van der Waals surface area (Å²) in [6.45, 7) is 2.93. The SMILES string of the molecule is Cc1ccc(C2=NN(c3nn(Cc4cccc(C#N)c4)c(=O)n3C)CC2c2ccccc2)cc1. The lowest BCUT2D eigenvalue weighted by molar-refractivity contribution is 0.645. The van der Waals surface area contributed by atoms with E-state index >= 15 is 0 Å². The molecule has 0 bridgehead atoms. The zero-order valence-electron chi connectivity index (χ0n) is 19.1. The molecule has 4 aromatic rings. The van der Waals surface area contributed by atoms with Crippen LogP contribution in [0.2, 0.25) is 0 Å². The van der Waals surface area contributed by atoms with Crippen LogP contribution in [0.15, 0.2) is 88.8 Å². The number of benzene rings is 3. The van der Waals surface area contributed by atoms with Gasteiger partial charge < -0.3 is 0 Å². The molecule has 0 N–H and O–H groups in total. The molecule has 5 rings (SSSR count). The third-order valence-corrected chi connectivity index (χ3v) is 6.10. The van der Waals surface area contributed by atoms with Crippen LogP contribution in [-0.2, 0) is 13.6 Å². The second-order valence-electron chi connectivity index (χ2n) is 8.51. The number of hydrogen-bond acceptors (Lipinski definition) is 5. The molecule has 0 radical (unpaired) electrons. The molecule has 168 valence electrons. The van der Waals surface area contributed by atoms with Gasteiger partial charge in [0.1, 0.15) is 0 Å². The molecule has 1 aliphatic rings. The van der Waals surface area contributed by atoms with Gasteiger partial charge in [0.15, 0.2) is 0 Å². The van der Waals surface area contributed by atoms with Crippen molar-refractivity contribution in [2.24, 2.45) is 12.1 Å². The van der Waals surface area contributed by atoms with Gasteiger partial charge in [-0.1, -0.05) is 72.3 Å². The number of aryl methyl sites for hydroxylation is 1. The lowest BCUT2D eigenvalue weighted by Crippen LogP contribution is -2.25. The Morgan fingerprint density at radius 2 is 1.79 bits per heavy atom. The van der Waals surface area contributed by atoms with E-state index in [0.29, 0.717) is 18.1 Å². The maximum atomic E-state index is 13.0. The first kappa shape index (κ1) is 21.4. The Morgan fingerprint density at radius 1 is 1.03 bits per heavy atom. The number of anilines is 1. The molecule has 7 heteroatoms. The van der Waals surface area contributed by atoms with Crippen LogP contribution in [0.5, 0.6) is 0 Å². The molecule has 2 heterocycles. The van der Waals surface area contributed by atoms with Crippen molar-refractivity contribution in [3.8, 4) is 6.07 Å². The maximum Gasteiger partial charge on any atom is 0.347 e. The van der Waals surface area contributed by atoms with E-state index in [-0.39, 0.29) is 18.2 Å². The van der Waals surface area contributed by atoms with Crippen LogP contribution in [0.25, 0.3) is 0 Å². The van der Waals surface area contributed by atoms with E-state index in [1.807, 2.05) is 35.3 Å². The highest BCUT2D eigenvalue weighted by Gasteiger charge is 2.32. The molecule has 1 aliphatic heterocycles. The lowest BCUT2D eigenvalue weighted by Gasteiger charge is -2.15. The highest BCUT2D eigenvalue weighted by Crippen LogP contribution is 2.31. The first-order chi connectivity index (χ1) is 16.5. The second kappa shape index (κ2) is 8.83. The summed E-state index contributed by atoms with van der Waals surface area (Å²) in [6.07, 6.45) is 0. The van der Waals surface area contributed by atoms with Gasteiger partial charge in [-0.3, -0.25) is 4.57 Å². The Bertz CT molecular complexity index is 1460. The third kappa shape index (κ3) is 4.02. The summed E-state index contributed by atoms with van der Waals surface area (Å²) >= 11 is 0. The van der Waals surface area contributed by atoms with Crippen LogP contribution in [0.4, 0.5) is 5.95 Å². The van der Waals surface area contributed by atoms with E-state index in [4.69, 9.17) is 10.4 Å².